The average Bonchev–Trinajstić information content (AvgIpc) is 2.81. The van der Waals surface area contributed by atoms with Gasteiger partial charge >= 0.3 is 0 Å². The highest BCUT2D eigenvalue weighted by molar-refractivity contribution is 5.07. The first-order valence-electron chi connectivity index (χ1n) is 9.53. The first-order chi connectivity index (χ1) is 9.53. The molecular weight excluding hydrogens is 240 g/mol. The fourth-order valence-electron chi connectivity index (χ4n) is 7.47. The third-order valence-corrected chi connectivity index (χ3v) is 8.71. The van der Waals surface area contributed by atoms with Gasteiger partial charge in [0.25, 0.3) is 0 Å². The zero-order chi connectivity index (χ0) is 14.0. The summed E-state index contributed by atoms with van der Waals surface area (Å²) in [7, 11) is 0. The molecule has 0 nitrogen and oxygen atoms in total. The van der Waals surface area contributed by atoms with Gasteiger partial charge in [-0.15, -0.1) is 0 Å². The highest BCUT2D eigenvalue weighted by Crippen LogP contribution is 2.66. The van der Waals surface area contributed by atoms with E-state index in [1.807, 2.05) is 0 Å². The molecule has 0 heterocycles. The van der Waals surface area contributed by atoms with Crippen molar-refractivity contribution < 1.29 is 0 Å². The highest BCUT2D eigenvalue weighted by atomic mass is 14.6. The standard InChI is InChI=1S/C20H34/c1-14-8-12-20(3)15(13-14)6-7-16-17-5-4-10-19(17,2)11-9-18(16)20/h14-18H,4-13H2,1-3H3/t14-,15-,16-,17-,18-,19-,20-/m0/s1. The van der Waals surface area contributed by atoms with E-state index in [1.54, 1.807) is 44.9 Å². The van der Waals surface area contributed by atoms with Gasteiger partial charge in [0.2, 0.25) is 0 Å². The molecule has 0 bridgehead atoms. The maximum Gasteiger partial charge on any atom is -0.0266 e. The van der Waals surface area contributed by atoms with Crippen molar-refractivity contribution in [3.8, 4) is 0 Å². The molecule has 0 heteroatoms. The Morgan fingerprint density at radius 2 is 1.65 bits per heavy atom. The van der Waals surface area contributed by atoms with E-state index < -0.39 is 0 Å². The smallest absolute Gasteiger partial charge is 0.0266 e. The van der Waals surface area contributed by atoms with Gasteiger partial charge in [0.1, 0.15) is 0 Å². The zero-order valence-electron chi connectivity index (χ0n) is 14.0. The van der Waals surface area contributed by atoms with Crippen LogP contribution in [0.2, 0.25) is 0 Å². The molecule has 0 unspecified atom stereocenters. The van der Waals surface area contributed by atoms with E-state index in [0.29, 0.717) is 0 Å². The molecule has 0 aromatic heterocycles. The summed E-state index contributed by atoms with van der Waals surface area (Å²) >= 11 is 0. The number of hydrogen-bond acceptors (Lipinski definition) is 0. The predicted molar refractivity (Wildman–Crippen MR) is 85.5 cm³/mol. The van der Waals surface area contributed by atoms with Gasteiger partial charge in [-0.25, -0.2) is 0 Å². The summed E-state index contributed by atoms with van der Waals surface area (Å²) < 4.78 is 0. The Morgan fingerprint density at radius 3 is 2.50 bits per heavy atom. The molecule has 4 rings (SSSR count). The van der Waals surface area contributed by atoms with Crippen LogP contribution in [0.5, 0.6) is 0 Å². The van der Waals surface area contributed by atoms with Crippen LogP contribution >= 0.6 is 0 Å². The summed E-state index contributed by atoms with van der Waals surface area (Å²) in [6.45, 7) is 7.84. The summed E-state index contributed by atoms with van der Waals surface area (Å²) in [5, 5.41) is 0. The van der Waals surface area contributed by atoms with Gasteiger partial charge in [-0.05, 0) is 91.8 Å². The second-order valence-corrected chi connectivity index (χ2v) is 9.62. The molecule has 0 amide bonds. The van der Waals surface area contributed by atoms with Crippen LogP contribution in [0.3, 0.4) is 0 Å². The second-order valence-electron chi connectivity index (χ2n) is 9.62. The van der Waals surface area contributed by atoms with E-state index in [2.05, 4.69) is 20.8 Å². The van der Waals surface area contributed by atoms with E-state index in [9.17, 15) is 0 Å². The molecule has 0 saturated heterocycles. The van der Waals surface area contributed by atoms with Gasteiger partial charge in [-0.2, -0.15) is 0 Å². The Balaban J connectivity index is 1.62. The summed E-state index contributed by atoms with van der Waals surface area (Å²) in [6.07, 6.45) is 15.5. The maximum absolute atomic E-state index is 2.71. The molecule has 0 spiro atoms. The lowest BCUT2D eigenvalue weighted by Gasteiger charge is -2.60. The van der Waals surface area contributed by atoms with Crippen LogP contribution in [0.25, 0.3) is 0 Å². The molecule has 0 aromatic rings. The van der Waals surface area contributed by atoms with Crippen molar-refractivity contribution in [3.63, 3.8) is 0 Å². The van der Waals surface area contributed by atoms with E-state index in [4.69, 9.17) is 0 Å². The Morgan fingerprint density at radius 1 is 0.800 bits per heavy atom. The van der Waals surface area contributed by atoms with Crippen LogP contribution in [-0.2, 0) is 0 Å². The molecule has 0 aromatic carbocycles. The highest BCUT2D eigenvalue weighted by Gasteiger charge is 2.57. The van der Waals surface area contributed by atoms with Crippen LogP contribution in [0.1, 0.15) is 85.0 Å². The number of rotatable bonds is 0. The van der Waals surface area contributed by atoms with Crippen LogP contribution in [-0.4, -0.2) is 0 Å². The molecule has 0 N–H and O–H groups in total. The fraction of sp³-hybridized carbons (Fsp3) is 1.00. The molecule has 0 radical (unpaired) electrons. The van der Waals surface area contributed by atoms with Crippen LogP contribution in [0.4, 0.5) is 0 Å². The summed E-state index contributed by atoms with van der Waals surface area (Å²) in [4.78, 5) is 0. The Kier molecular flexibility index (Phi) is 3.07. The second kappa shape index (κ2) is 4.50. The Bertz CT molecular complexity index is 385. The van der Waals surface area contributed by atoms with Crippen LogP contribution < -0.4 is 0 Å². The summed E-state index contributed by atoms with van der Waals surface area (Å²) in [5.74, 6) is 5.36. The van der Waals surface area contributed by atoms with Gasteiger partial charge in [0, 0.05) is 0 Å². The number of hydrogen-bond donors (Lipinski definition) is 0. The topological polar surface area (TPSA) is 0 Å². The molecule has 7 atom stereocenters. The Hall–Kier alpha value is 0. The van der Waals surface area contributed by atoms with Crippen molar-refractivity contribution in [1.82, 2.24) is 0 Å². The normalized spacial score (nSPS) is 58.6. The monoisotopic (exact) mass is 274 g/mol. The lowest BCUT2D eigenvalue weighted by Crippen LogP contribution is -2.52. The van der Waals surface area contributed by atoms with Gasteiger partial charge in [-0.3, -0.25) is 0 Å². The largest absolute Gasteiger partial charge is 0.0625 e. The van der Waals surface area contributed by atoms with Crippen LogP contribution in [0.15, 0.2) is 0 Å². The molecule has 4 fully saturated rings. The molecule has 114 valence electrons. The summed E-state index contributed by atoms with van der Waals surface area (Å²) in [6, 6.07) is 0. The van der Waals surface area contributed by atoms with Gasteiger partial charge < -0.3 is 0 Å². The molecule has 0 aliphatic heterocycles. The molecule has 20 heavy (non-hydrogen) atoms. The molecule has 4 saturated carbocycles. The zero-order valence-corrected chi connectivity index (χ0v) is 14.0. The molecule has 4 aliphatic carbocycles. The van der Waals surface area contributed by atoms with E-state index >= 15 is 0 Å². The summed E-state index contributed by atoms with van der Waals surface area (Å²) in [5.41, 5.74) is 1.46. The minimum Gasteiger partial charge on any atom is -0.0625 e. The van der Waals surface area contributed by atoms with Gasteiger partial charge in [0.05, 0.1) is 0 Å². The van der Waals surface area contributed by atoms with E-state index in [0.717, 1.165) is 40.4 Å². The third kappa shape index (κ3) is 1.78. The van der Waals surface area contributed by atoms with Crippen molar-refractivity contribution in [2.24, 2.45) is 40.4 Å². The van der Waals surface area contributed by atoms with Crippen LogP contribution in [0, 0.1) is 40.4 Å². The van der Waals surface area contributed by atoms with Crippen molar-refractivity contribution in [2.75, 3.05) is 0 Å². The predicted octanol–water partition coefficient (Wildman–Crippen LogP) is 6.06. The van der Waals surface area contributed by atoms with Gasteiger partial charge in [0.15, 0.2) is 0 Å². The van der Waals surface area contributed by atoms with Crippen molar-refractivity contribution in [3.05, 3.63) is 0 Å². The van der Waals surface area contributed by atoms with Crippen molar-refractivity contribution in [2.45, 2.75) is 85.0 Å². The first-order valence-corrected chi connectivity index (χ1v) is 9.53. The van der Waals surface area contributed by atoms with E-state index in [1.165, 1.54) is 19.3 Å². The lowest BCUT2D eigenvalue weighted by atomic mass is 9.45. The fourth-order valence-corrected chi connectivity index (χ4v) is 7.47. The quantitative estimate of drug-likeness (QED) is 0.504. The van der Waals surface area contributed by atoms with E-state index in [-0.39, 0.29) is 0 Å². The number of fused-ring (bicyclic) bond motifs is 5. The first kappa shape index (κ1) is 13.6. The lowest BCUT2D eigenvalue weighted by molar-refractivity contribution is -0.110. The van der Waals surface area contributed by atoms with Crippen molar-refractivity contribution >= 4 is 0 Å². The SMILES string of the molecule is C[C@H]1CC[C@@]2(C)[C@@H](CC[C@H]3[C@@H]4CCC[C@@]4(C)CC[C@@H]32)C1. The average molecular weight is 274 g/mol. The van der Waals surface area contributed by atoms with Crippen molar-refractivity contribution in [1.29, 1.82) is 0 Å². The van der Waals surface area contributed by atoms with Gasteiger partial charge in [-0.1, -0.05) is 33.6 Å². The minimum absolute atomic E-state index is 0.722. The maximum atomic E-state index is 2.71. The minimum atomic E-state index is 0.722. The third-order valence-electron chi connectivity index (χ3n) is 8.71. The Labute approximate surface area is 126 Å². The molecule has 4 aliphatic rings. The molecular formula is C20H34.